The van der Waals surface area contributed by atoms with Gasteiger partial charge in [-0.25, -0.2) is 14.6 Å². The maximum absolute atomic E-state index is 12.5. The van der Waals surface area contributed by atoms with Crippen LogP contribution in [0.3, 0.4) is 0 Å². The predicted molar refractivity (Wildman–Crippen MR) is 115 cm³/mol. The molecular weight excluding hydrogens is 396 g/mol. The normalized spacial score (nSPS) is 18.6. The van der Waals surface area contributed by atoms with Crippen LogP contribution in [0.5, 0.6) is 11.5 Å². The minimum atomic E-state index is -0.666. The fourth-order valence-corrected chi connectivity index (χ4v) is 4.13. The third-order valence-corrected chi connectivity index (χ3v) is 5.74. The molecule has 0 spiro atoms. The molecule has 9 nitrogen and oxygen atoms in total. The Bertz CT molecular complexity index is 1060. The molecule has 0 unspecified atom stereocenters. The number of nitrogens with one attached hydrogen (secondary N) is 1. The summed E-state index contributed by atoms with van der Waals surface area (Å²) in [6, 6.07) is 7.35. The van der Waals surface area contributed by atoms with Crippen molar-refractivity contribution in [3.8, 4) is 11.5 Å². The van der Waals surface area contributed by atoms with Crippen LogP contribution in [0.25, 0.3) is 11.0 Å². The molecule has 2 aromatic heterocycles. The zero-order valence-electron chi connectivity index (χ0n) is 17.4. The highest BCUT2D eigenvalue weighted by Crippen LogP contribution is 2.31. The fourth-order valence-electron chi connectivity index (χ4n) is 4.13. The van der Waals surface area contributed by atoms with Gasteiger partial charge in [0.05, 0.1) is 18.1 Å². The van der Waals surface area contributed by atoms with Gasteiger partial charge < -0.3 is 19.7 Å². The molecule has 3 aromatic rings. The van der Waals surface area contributed by atoms with Crippen molar-refractivity contribution in [1.82, 2.24) is 25.1 Å². The first-order valence-electron chi connectivity index (χ1n) is 10.9. The molecule has 31 heavy (non-hydrogen) atoms. The number of rotatable bonds is 5. The lowest BCUT2D eigenvalue weighted by molar-refractivity contribution is -0.130. The summed E-state index contributed by atoms with van der Waals surface area (Å²) in [6.45, 7) is 3.15. The molecule has 162 valence electrons. The van der Waals surface area contributed by atoms with Crippen molar-refractivity contribution in [2.24, 2.45) is 0 Å². The van der Waals surface area contributed by atoms with Gasteiger partial charge in [-0.15, -0.1) is 0 Å². The van der Waals surface area contributed by atoms with Gasteiger partial charge in [0.2, 0.25) is 6.10 Å². The molecule has 2 aliphatic rings. The van der Waals surface area contributed by atoms with Gasteiger partial charge in [-0.05, 0) is 25.0 Å². The van der Waals surface area contributed by atoms with E-state index in [0.717, 1.165) is 29.9 Å². The smallest absolute Gasteiger partial charge is 0.264 e. The molecule has 1 saturated heterocycles. The van der Waals surface area contributed by atoms with Crippen LogP contribution in [-0.2, 0) is 11.3 Å². The fraction of sp³-hybridized carbons (Fsp3) is 0.455. The number of benzene rings is 1. The second kappa shape index (κ2) is 8.79. The summed E-state index contributed by atoms with van der Waals surface area (Å²) in [5.74, 6) is 2.00. The second-order valence-electron chi connectivity index (χ2n) is 7.86. The standard InChI is InChI=1S/C22H26N6O3/c29-22(19-14-30-17-7-3-4-8-18(17)31-19)23-9-12-28-21-16(13-26-28)20(24-15-25-21)27-10-5-1-2-6-11-27/h3-4,7-8,13,15,19H,1-2,5-6,9-12,14H2,(H,23,29)/t19-/m1/s1. The van der Waals surface area contributed by atoms with Crippen LogP contribution >= 0.6 is 0 Å². The first kappa shape index (κ1) is 19.6. The van der Waals surface area contributed by atoms with Gasteiger partial charge >= 0.3 is 0 Å². The van der Waals surface area contributed by atoms with E-state index in [2.05, 4.69) is 25.3 Å². The summed E-state index contributed by atoms with van der Waals surface area (Å²) < 4.78 is 13.2. The van der Waals surface area contributed by atoms with Gasteiger partial charge in [-0.1, -0.05) is 25.0 Å². The number of hydrogen-bond acceptors (Lipinski definition) is 7. The highest BCUT2D eigenvalue weighted by Gasteiger charge is 2.27. The summed E-state index contributed by atoms with van der Waals surface area (Å²) in [5, 5.41) is 8.36. The van der Waals surface area contributed by atoms with E-state index >= 15 is 0 Å². The second-order valence-corrected chi connectivity index (χ2v) is 7.86. The summed E-state index contributed by atoms with van der Waals surface area (Å²) >= 11 is 0. The molecular formula is C22H26N6O3. The topological polar surface area (TPSA) is 94.4 Å². The summed E-state index contributed by atoms with van der Waals surface area (Å²) in [6.07, 6.45) is 7.67. The van der Waals surface area contributed by atoms with Gasteiger partial charge in [-0.3, -0.25) is 4.79 Å². The molecule has 1 fully saturated rings. The number of carbonyl (C=O) groups excluding carboxylic acids is 1. The van der Waals surface area contributed by atoms with Gasteiger partial charge in [0.15, 0.2) is 17.1 Å². The summed E-state index contributed by atoms with van der Waals surface area (Å²) in [5.41, 5.74) is 0.787. The van der Waals surface area contributed by atoms with Crippen molar-refractivity contribution in [2.45, 2.75) is 38.3 Å². The van der Waals surface area contributed by atoms with E-state index in [1.165, 1.54) is 25.7 Å². The number of hydrogen-bond donors (Lipinski definition) is 1. The van der Waals surface area contributed by atoms with Crippen LogP contribution in [0.1, 0.15) is 25.7 Å². The SMILES string of the molecule is O=C(NCCn1ncc2c(N3CCCCCC3)ncnc21)[C@H]1COc2ccccc2O1. The van der Waals surface area contributed by atoms with Gasteiger partial charge in [0, 0.05) is 19.6 Å². The highest BCUT2D eigenvalue weighted by molar-refractivity contribution is 5.86. The first-order chi connectivity index (χ1) is 15.3. The molecule has 1 atom stereocenters. The monoisotopic (exact) mass is 422 g/mol. The van der Waals surface area contributed by atoms with Crippen molar-refractivity contribution in [3.05, 3.63) is 36.8 Å². The quantitative estimate of drug-likeness (QED) is 0.673. The number of anilines is 1. The number of nitrogens with zero attached hydrogens (tertiary/aromatic N) is 5. The number of fused-ring (bicyclic) bond motifs is 2. The number of ether oxygens (including phenoxy) is 2. The first-order valence-corrected chi connectivity index (χ1v) is 10.9. The molecule has 5 rings (SSSR count). The van der Waals surface area contributed by atoms with Gasteiger partial charge in [0.1, 0.15) is 18.8 Å². The average molecular weight is 422 g/mol. The number of carbonyl (C=O) groups is 1. The molecule has 4 heterocycles. The lowest BCUT2D eigenvalue weighted by Gasteiger charge is -2.25. The predicted octanol–water partition coefficient (Wildman–Crippen LogP) is 2.16. The third-order valence-electron chi connectivity index (χ3n) is 5.74. The minimum absolute atomic E-state index is 0.194. The Balaban J connectivity index is 1.21. The molecule has 9 heteroatoms. The van der Waals surface area contributed by atoms with Crippen LogP contribution in [0.4, 0.5) is 5.82 Å². The number of aromatic nitrogens is 4. The molecule has 2 aliphatic heterocycles. The molecule has 1 N–H and O–H groups in total. The zero-order valence-corrected chi connectivity index (χ0v) is 17.4. The van der Waals surface area contributed by atoms with Crippen molar-refractivity contribution < 1.29 is 14.3 Å². The van der Waals surface area contributed by atoms with Crippen molar-refractivity contribution >= 4 is 22.8 Å². The van der Waals surface area contributed by atoms with Crippen molar-refractivity contribution in [1.29, 1.82) is 0 Å². The van der Waals surface area contributed by atoms with Crippen LogP contribution in [-0.4, -0.2) is 58.0 Å². The number of amides is 1. The Morgan fingerprint density at radius 3 is 2.74 bits per heavy atom. The van der Waals surface area contributed by atoms with E-state index in [0.29, 0.717) is 24.6 Å². The summed E-state index contributed by atoms with van der Waals surface area (Å²) in [7, 11) is 0. The average Bonchev–Trinajstić information content (AvgIpc) is 3.03. The number of para-hydroxylation sites is 2. The van der Waals surface area contributed by atoms with Crippen LogP contribution in [0, 0.1) is 0 Å². The van der Waals surface area contributed by atoms with Crippen molar-refractivity contribution in [2.75, 3.05) is 31.1 Å². The highest BCUT2D eigenvalue weighted by atomic mass is 16.6. The molecule has 0 aliphatic carbocycles. The van der Waals surface area contributed by atoms with Gasteiger partial charge in [-0.2, -0.15) is 5.10 Å². The molecule has 1 amide bonds. The lowest BCUT2D eigenvalue weighted by Crippen LogP contribution is -2.44. The Morgan fingerprint density at radius 1 is 1.10 bits per heavy atom. The summed E-state index contributed by atoms with van der Waals surface area (Å²) in [4.78, 5) is 23.8. The van der Waals surface area contributed by atoms with E-state index < -0.39 is 6.10 Å². The van der Waals surface area contributed by atoms with Crippen LogP contribution in [0.2, 0.25) is 0 Å². The third kappa shape index (κ3) is 4.12. The molecule has 1 aromatic carbocycles. The maximum atomic E-state index is 12.5. The molecule has 0 bridgehead atoms. The zero-order chi connectivity index (χ0) is 21.0. The van der Waals surface area contributed by atoms with E-state index in [-0.39, 0.29) is 12.5 Å². The van der Waals surface area contributed by atoms with Crippen molar-refractivity contribution in [3.63, 3.8) is 0 Å². The molecule has 0 saturated carbocycles. The Morgan fingerprint density at radius 2 is 1.90 bits per heavy atom. The van der Waals surface area contributed by atoms with E-state index in [4.69, 9.17) is 9.47 Å². The van der Waals surface area contributed by atoms with Crippen LogP contribution < -0.4 is 19.7 Å². The largest absolute Gasteiger partial charge is 0.485 e. The van der Waals surface area contributed by atoms with E-state index in [1.807, 2.05) is 29.1 Å². The maximum Gasteiger partial charge on any atom is 0.264 e. The molecule has 0 radical (unpaired) electrons. The van der Waals surface area contributed by atoms with E-state index in [1.54, 1.807) is 12.4 Å². The lowest BCUT2D eigenvalue weighted by atomic mass is 10.2. The Kier molecular flexibility index (Phi) is 5.56. The minimum Gasteiger partial charge on any atom is -0.485 e. The Labute approximate surface area is 180 Å². The van der Waals surface area contributed by atoms with Gasteiger partial charge in [0.25, 0.3) is 5.91 Å². The van der Waals surface area contributed by atoms with Crippen LogP contribution in [0.15, 0.2) is 36.8 Å². The van der Waals surface area contributed by atoms with E-state index in [9.17, 15) is 4.79 Å². The Hall–Kier alpha value is -3.36.